The van der Waals surface area contributed by atoms with E-state index in [1.54, 1.807) is 4.68 Å². The predicted octanol–water partition coefficient (Wildman–Crippen LogP) is 0.700. The van der Waals surface area contributed by atoms with Crippen molar-refractivity contribution in [1.29, 1.82) is 0 Å². The van der Waals surface area contributed by atoms with Gasteiger partial charge in [-0.3, -0.25) is 9.78 Å². The van der Waals surface area contributed by atoms with Crippen molar-refractivity contribution in [2.75, 3.05) is 18.0 Å². The lowest BCUT2D eigenvalue weighted by atomic mass is 10.1. The highest BCUT2D eigenvalue weighted by atomic mass is 15.4. The topological polar surface area (TPSA) is 74.7 Å². The normalized spacial score (nSPS) is 23.3. The molecule has 1 aliphatic heterocycles. The Morgan fingerprint density at radius 2 is 1.95 bits per heavy atom. The van der Waals surface area contributed by atoms with E-state index in [2.05, 4.69) is 44.3 Å². The standard InChI is InChI=1S/C13H21N7/c1-8-5-20(6-9(2)14-8)13-15-12(16-17-13)11-7-19(4)18-10(11)3/h7-9,14H,5-6H2,1-4H3,(H,15,16,17). The predicted molar refractivity (Wildman–Crippen MR) is 77.6 cm³/mol. The van der Waals surface area contributed by atoms with Gasteiger partial charge in [0.25, 0.3) is 0 Å². The van der Waals surface area contributed by atoms with E-state index in [0.717, 1.165) is 36.1 Å². The van der Waals surface area contributed by atoms with Gasteiger partial charge < -0.3 is 10.2 Å². The molecule has 2 N–H and O–H groups in total. The van der Waals surface area contributed by atoms with Gasteiger partial charge in [-0.25, -0.2) is 0 Å². The van der Waals surface area contributed by atoms with Gasteiger partial charge >= 0.3 is 0 Å². The van der Waals surface area contributed by atoms with E-state index in [1.165, 1.54) is 0 Å². The molecule has 7 heteroatoms. The fraction of sp³-hybridized carbons (Fsp3) is 0.615. The van der Waals surface area contributed by atoms with Gasteiger partial charge in [-0.2, -0.15) is 10.1 Å². The maximum atomic E-state index is 4.63. The zero-order valence-corrected chi connectivity index (χ0v) is 12.4. The lowest BCUT2D eigenvalue weighted by Gasteiger charge is -2.35. The van der Waals surface area contributed by atoms with Crippen molar-refractivity contribution in [3.05, 3.63) is 11.9 Å². The number of nitrogens with one attached hydrogen (secondary N) is 2. The van der Waals surface area contributed by atoms with Crippen LogP contribution in [-0.2, 0) is 7.05 Å². The minimum absolute atomic E-state index is 0.445. The fourth-order valence-corrected chi connectivity index (χ4v) is 2.84. The Labute approximate surface area is 118 Å². The molecule has 3 heterocycles. The first kappa shape index (κ1) is 13.1. The van der Waals surface area contributed by atoms with Crippen molar-refractivity contribution in [3.63, 3.8) is 0 Å². The number of H-pyrrole nitrogens is 1. The van der Waals surface area contributed by atoms with E-state index in [1.807, 2.05) is 20.2 Å². The smallest absolute Gasteiger partial charge is 0.245 e. The van der Waals surface area contributed by atoms with Crippen molar-refractivity contribution >= 4 is 5.95 Å². The average molecular weight is 275 g/mol. The highest BCUT2D eigenvalue weighted by molar-refractivity contribution is 5.58. The Bertz CT molecular complexity index is 590. The van der Waals surface area contributed by atoms with Crippen LogP contribution in [-0.4, -0.2) is 50.1 Å². The van der Waals surface area contributed by atoms with Gasteiger partial charge in [-0.15, -0.1) is 5.10 Å². The molecule has 2 aromatic rings. The summed E-state index contributed by atoms with van der Waals surface area (Å²) < 4.78 is 1.79. The van der Waals surface area contributed by atoms with Gasteiger partial charge in [0.15, 0.2) is 5.82 Å². The second-order valence-corrected chi connectivity index (χ2v) is 5.66. The van der Waals surface area contributed by atoms with Gasteiger partial charge in [0.1, 0.15) is 0 Å². The first-order valence-electron chi connectivity index (χ1n) is 6.97. The van der Waals surface area contributed by atoms with Crippen LogP contribution in [0.5, 0.6) is 0 Å². The highest BCUT2D eigenvalue weighted by Crippen LogP contribution is 2.21. The van der Waals surface area contributed by atoms with Gasteiger partial charge in [-0.05, 0) is 20.8 Å². The van der Waals surface area contributed by atoms with Crippen LogP contribution in [0.1, 0.15) is 19.5 Å². The highest BCUT2D eigenvalue weighted by Gasteiger charge is 2.24. The van der Waals surface area contributed by atoms with Crippen LogP contribution in [0.15, 0.2) is 6.20 Å². The lowest BCUT2D eigenvalue weighted by molar-refractivity contribution is 0.403. The molecule has 3 rings (SSSR count). The molecular formula is C13H21N7. The van der Waals surface area contributed by atoms with Crippen LogP contribution in [0.4, 0.5) is 5.95 Å². The summed E-state index contributed by atoms with van der Waals surface area (Å²) >= 11 is 0. The van der Waals surface area contributed by atoms with E-state index < -0.39 is 0 Å². The van der Waals surface area contributed by atoms with E-state index in [0.29, 0.717) is 12.1 Å². The molecule has 2 unspecified atom stereocenters. The maximum absolute atomic E-state index is 4.63. The summed E-state index contributed by atoms with van der Waals surface area (Å²) in [6.07, 6.45) is 1.96. The fourth-order valence-electron chi connectivity index (χ4n) is 2.84. The van der Waals surface area contributed by atoms with Gasteiger partial charge in [0.2, 0.25) is 5.95 Å². The number of anilines is 1. The molecule has 0 aromatic carbocycles. The third kappa shape index (κ3) is 2.40. The molecule has 2 atom stereocenters. The monoisotopic (exact) mass is 275 g/mol. The molecule has 0 radical (unpaired) electrons. The maximum Gasteiger partial charge on any atom is 0.245 e. The van der Waals surface area contributed by atoms with Crippen LogP contribution < -0.4 is 10.2 Å². The number of hydrogen-bond donors (Lipinski definition) is 2. The number of piperazine rings is 1. The SMILES string of the molecule is Cc1nn(C)cc1-c1nc(N2CC(C)NC(C)C2)n[nH]1. The quantitative estimate of drug-likeness (QED) is 0.844. The molecular weight excluding hydrogens is 254 g/mol. The van der Waals surface area contributed by atoms with Crippen molar-refractivity contribution in [3.8, 4) is 11.4 Å². The average Bonchev–Trinajstić information content (AvgIpc) is 2.94. The largest absolute Gasteiger partial charge is 0.336 e. The third-order valence-corrected chi connectivity index (χ3v) is 3.58. The van der Waals surface area contributed by atoms with Crippen LogP contribution in [0.2, 0.25) is 0 Å². The number of aryl methyl sites for hydroxylation is 2. The summed E-state index contributed by atoms with van der Waals surface area (Å²) in [6, 6.07) is 0.890. The van der Waals surface area contributed by atoms with E-state index in [-0.39, 0.29) is 0 Å². The Balaban J connectivity index is 1.85. The summed E-state index contributed by atoms with van der Waals surface area (Å²) in [4.78, 5) is 6.85. The zero-order valence-electron chi connectivity index (χ0n) is 12.4. The number of nitrogens with zero attached hydrogens (tertiary/aromatic N) is 5. The van der Waals surface area contributed by atoms with E-state index in [9.17, 15) is 0 Å². The van der Waals surface area contributed by atoms with Crippen LogP contribution in [0, 0.1) is 6.92 Å². The number of aromatic nitrogens is 5. The molecule has 2 aromatic heterocycles. The van der Waals surface area contributed by atoms with E-state index in [4.69, 9.17) is 0 Å². The van der Waals surface area contributed by atoms with Gasteiger partial charge in [-0.1, -0.05) is 0 Å². The summed E-state index contributed by atoms with van der Waals surface area (Å²) in [7, 11) is 1.91. The second-order valence-electron chi connectivity index (χ2n) is 5.66. The Morgan fingerprint density at radius 3 is 2.55 bits per heavy atom. The number of hydrogen-bond acceptors (Lipinski definition) is 5. The molecule has 1 fully saturated rings. The number of rotatable bonds is 2. The molecule has 1 aliphatic rings. The van der Waals surface area contributed by atoms with Crippen molar-refractivity contribution in [1.82, 2.24) is 30.3 Å². The molecule has 108 valence electrons. The van der Waals surface area contributed by atoms with E-state index >= 15 is 0 Å². The zero-order chi connectivity index (χ0) is 14.3. The minimum atomic E-state index is 0.445. The lowest BCUT2D eigenvalue weighted by Crippen LogP contribution is -2.54. The summed E-state index contributed by atoms with van der Waals surface area (Å²) in [6.45, 7) is 8.19. The van der Waals surface area contributed by atoms with Crippen LogP contribution in [0.3, 0.4) is 0 Å². The first-order valence-corrected chi connectivity index (χ1v) is 6.97. The summed E-state index contributed by atoms with van der Waals surface area (Å²) in [5, 5.41) is 15.2. The summed E-state index contributed by atoms with van der Waals surface area (Å²) in [5.74, 6) is 1.55. The summed E-state index contributed by atoms with van der Waals surface area (Å²) in [5.41, 5.74) is 1.96. The molecule has 0 spiro atoms. The third-order valence-electron chi connectivity index (χ3n) is 3.58. The van der Waals surface area contributed by atoms with Crippen LogP contribution >= 0.6 is 0 Å². The molecule has 7 nitrogen and oxygen atoms in total. The van der Waals surface area contributed by atoms with Crippen molar-refractivity contribution in [2.24, 2.45) is 7.05 Å². The Morgan fingerprint density at radius 1 is 1.25 bits per heavy atom. The Hall–Kier alpha value is -1.89. The first-order chi connectivity index (χ1) is 9.52. The molecule has 0 amide bonds. The van der Waals surface area contributed by atoms with Crippen molar-refractivity contribution in [2.45, 2.75) is 32.9 Å². The molecule has 0 saturated carbocycles. The van der Waals surface area contributed by atoms with Gasteiger partial charge in [0, 0.05) is 38.4 Å². The second kappa shape index (κ2) is 4.90. The Kier molecular flexibility index (Phi) is 3.21. The molecule has 1 saturated heterocycles. The van der Waals surface area contributed by atoms with Crippen LogP contribution in [0.25, 0.3) is 11.4 Å². The van der Waals surface area contributed by atoms with Gasteiger partial charge in [0.05, 0.1) is 11.3 Å². The molecule has 0 bridgehead atoms. The number of aromatic amines is 1. The minimum Gasteiger partial charge on any atom is -0.336 e. The molecule has 0 aliphatic carbocycles. The molecule has 20 heavy (non-hydrogen) atoms. The van der Waals surface area contributed by atoms with Crippen molar-refractivity contribution < 1.29 is 0 Å².